The fourth-order valence-electron chi connectivity index (χ4n) is 10.1. The summed E-state index contributed by atoms with van der Waals surface area (Å²) in [5.41, 5.74) is 2.36. The van der Waals surface area contributed by atoms with Crippen LogP contribution in [0.1, 0.15) is 141 Å². The average molecular weight is 2180 g/mol. The summed E-state index contributed by atoms with van der Waals surface area (Å²) in [6.07, 6.45) is -4.50. The van der Waals surface area contributed by atoms with E-state index in [1.165, 1.54) is 58.0 Å². The molecule has 0 aliphatic heterocycles. The molecule has 0 fully saturated rings. The van der Waals surface area contributed by atoms with Crippen molar-refractivity contribution in [3.05, 3.63) is 170 Å². The lowest BCUT2D eigenvalue weighted by Gasteiger charge is -2.17. The zero-order chi connectivity index (χ0) is 115. The van der Waals surface area contributed by atoms with Gasteiger partial charge in [-0.3, -0.25) is 9.59 Å². The first-order chi connectivity index (χ1) is 70.4. The summed E-state index contributed by atoms with van der Waals surface area (Å²) in [4.78, 5) is 267. The minimum atomic E-state index is -1.52. The van der Waals surface area contributed by atoms with Gasteiger partial charge in [-0.15, -0.1) is 80.9 Å². The van der Waals surface area contributed by atoms with Gasteiger partial charge in [0.2, 0.25) is 11.8 Å². The van der Waals surface area contributed by atoms with E-state index in [9.17, 15) is 153 Å². The largest absolute Gasteiger partial charge is 0.480 e. The topological polar surface area (TPSA) is 1070 Å². The van der Waals surface area contributed by atoms with Crippen molar-refractivity contribution < 1.29 is 242 Å². The predicted octanol–water partition coefficient (Wildman–Crippen LogP) is -0.858. The molecule has 0 saturated carbocycles. The van der Waals surface area contributed by atoms with E-state index in [4.69, 9.17) is 90.1 Å². The highest BCUT2D eigenvalue weighted by Gasteiger charge is 2.31. The summed E-state index contributed by atoms with van der Waals surface area (Å²) in [7, 11) is 0. The van der Waals surface area contributed by atoms with Crippen LogP contribution in [-0.4, -0.2) is 348 Å². The molecule has 12 atom stereocenters. The second kappa shape index (κ2) is 82.8. The molecule has 150 heavy (non-hydrogen) atoms. The number of rotatable bonds is 68. The lowest BCUT2D eigenvalue weighted by atomic mass is 10.1. The monoisotopic (exact) mass is 2180 g/mol. The number of ether oxygens (including phenoxy) is 5. The minimum absolute atomic E-state index is 0.00854. The molecular weight excluding hydrogens is 2060 g/mol. The number of aliphatic hydroxyl groups is 7. The van der Waals surface area contributed by atoms with Gasteiger partial charge in [-0.25, -0.2) is 57.5 Å². The summed E-state index contributed by atoms with van der Waals surface area (Å²) < 4.78 is 24.1. The molecule has 0 heterocycles. The van der Waals surface area contributed by atoms with Crippen LogP contribution in [0.5, 0.6) is 17.2 Å². The van der Waals surface area contributed by atoms with Crippen molar-refractivity contribution in [3.63, 3.8) is 0 Å². The number of carboxylic acid groups (broad SMARTS) is 7. The zero-order valence-corrected chi connectivity index (χ0v) is 80.0. The van der Waals surface area contributed by atoms with Crippen LogP contribution in [0.25, 0.3) is 0 Å². The lowest BCUT2D eigenvalue weighted by molar-refractivity contribution is -0.790. The first kappa shape index (κ1) is 139. The zero-order valence-electron chi connectivity index (χ0n) is 80.0. The molecule has 0 aliphatic rings. The lowest BCUT2D eigenvalue weighted by Crippen LogP contribution is -2.47. The number of aliphatic carboxylic acids is 7. The number of carbonyl (C=O) groups excluding carboxylic acids is 7. The number of hydrogen-bond acceptors (Lipinski definition) is 50. The number of alkyl carbamates (subject to hydrolysis) is 2. The predicted molar refractivity (Wildman–Crippen MR) is 483 cm³/mol. The summed E-state index contributed by atoms with van der Waals surface area (Å²) >= 11 is 0. The molecule has 0 bridgehead atoms. The Labute approximate surface area is 843 Å². The Morgan fingerprint density at radius 3 is 0.913 bits per heavy atom. The maximum atomic E-state index is 11.5. The van der Waals surface area contributed by atoms with E-state index in [0.717, 1.165) is 16.7 Å². The van der Waals surface area contributed by atoms with Crippen molar-refractivity contribution in [1.82, 2.24) is 37.2 Å². The fraction of sp³-hybridized carbons (Fsp3) is 0.590. The van der Waals surface area contributed by atoms with Crippen LogP contribution in [-0.2, 0) is 111 Å². The second-order valence-electron chi connectivity index (χ2n) is 29.3. The third-order valence-corrected chi connectivity index (χ3v) is 17.3. The molecule has 846 valence electrons. The first-order valence-corrected chi connectivity index (χ1v) is 43.5. The minimum Gasteiger partial charge on any atom is -0.480 e. The molecule has 0 aromatic heterocycles. The van der Waals surface area contributed by atoms with Gasteiger partial charge < -0.3 is 171 Å². The highest BCUT2D eigenvalue weighted by atomic mass is 17.0. The van der Waals surface area contributed by atoms with Gasteiger partial charge in [0.05, 0.1) is 90.5 Å². The molecule has 7 amide bonds. The number of benzene rings is 3. The summed E-state index contributed by atoms with van der Waals surface area (Å²) in [6, 6.07) is 8.74. The molecule has 0 radical (unpaired) electrons. The fourth-order valence-corrected chi connectivity index (χ4v) is 10.1. The van der Waals surface area contributed by atoms with E-state index in [0.29, 0.717) is 77.0 Å². The van der Waals surface area contributed by atoms with E-state index in [2.05, 4.69) is 49.3 Å². The Bertz CT molecular complexity index is 4640. The van der Waals surface area contributed by atoms with E-state index in [-0.39, 0.29) is 109 Å². The Morgan fingerprint density at radius 1 is 0.293 bits per heavy atom. The molecule has 3 aromatic rings. The number of unbranched alkanes of at least 4 members (excludes halogenated alkanes) is 6. The first-order valence-electron chi connectivity index (χ1n) is 43.5. The standard InChI is InChI=1S/2C13H16N2O8.C12H14N2O8.C11H19N3O11.C11H20N2O8.C10H18N2O7.C8H14N2O7/c16-8-11(12(17)18)14-13(19)23-10-5-1-3-9(7-10)4-2-6-22-15(20)21;16-8-11(12(17)18)14-13(19)23-10-5-3-9(4-6-10)2-1-7-22-15(20)21;15-7-10(11(16)17)13-12(18)22-9-3-1-8(2-4-9)5-6-21-14(19)20;1-7(15)9(10(16)17)12-11(18)23-5-3-2-4-8(25-14(21)22)6-24-13(19)20;1-8(14)9(10(15)16)12-11(17)20-6-4-2-3-5-7-21-13(18)19;1-7(13)9(10(15)16)11-8(14)5-3-2-4-6-19-12(17)18;1-5(11)7(8(13)14)9-6(12)3-2-4-17-10(15)16/h1,3,5,7,11,16H,2,4,6,8H2,(H,14,19)(H,17,18);3-6,11,16H,1-2,7-8H2,(H,14,19)(H,17,18);1-4,10,15H,5-7H2,(H,13,18)(H,16,17);7-9,15H,2-6H2,1H3,(H,12,18)(H,16,17);8-9,14H,2-7H2,1H3,(H,12,17)(H,15,16);7,9,13H,2-6H2,1H3,(H,11,14)(H,15,16);5,7,11H,2-4H2,1H3,(H,9,12)(H,13,14). The maximum Gasteiger partial charge on any atom is 0.413 e. The molecule has 3 rings (SSSR count). The van der Waals surface area contributed by atoms with Crippen molar-refractivity contribution in [2.45, 2.75) is 216 Å². The number of aliphatic hydroxyl groups excluding tert-OH is 7. The van der Waals surface area contributed by atoms with Gasteiger partial charge >= 0.3 is 72.3 Å². The van der Waals surface area contributed by atoms with Crippen LogP contribution in [0, 0.1) is 80.9 Å². The number of amides is 7. The highest BCUT2D eigenvalue weighted by Crippen LogP contribution is 2.19. The third kappa shape index (κ3) is 79.0. The smallest absolute Gasteiger partial charge is 0.413 e. The number of carbonyl (C=O) groups is 14. The number of nitrogens with one attached hydrogen (secondary N) is 7. The Balaban J connectivity index is -0.000000831. The van der Waals surface area contributed by atoms with Crippen molar-refractivity contribution in [2.24, 2.45) is 0 Å². The molecule has 72 nitrogen and oxygen atoms in total. The van der Waals surface area contributed by atoms with Gasteiger partial charge in [0.15, 0.2) is 42.3 Å². The van der Waals surface area contributed by atoms with Crippen molar-refractivity contribution >= 4 is 84.1 Å². The second-order valence-corrected chi connectivity index (χ2v) is 29.3. The Morgan fingerprint density at radius 2 is 0.587 bits per heavy atom. The van der Waals surface area contributed by atoms with Crippen molar-refractivity contribution in [3.8, 4) is 17.2 Å². The summed E-state index contributed by atoms with van der Waals surface area (Å²) in [5.74, 6) is -10.2. The normalized spacial score (nSPS) is 12.5. The SMILES string of the molecule is CC(O)C(NC(=O)CCCCCO[N+](=O)[O-])C(=O)O.CC(O)C(NC(=O)CCCO[N+](=O)[O-])C(=O)O.CC(O)C(NC(=O)OCCCCC(CO[N+](=O)[O-])O[N+](=O)[O-])C(=O)O.CC(O)C(NC(=O)OCCCCCCO[N+](=O)[O-])C(=O)O.O=C(NC(CO)C(=O)O)Oc1ccc(CCCO[N+](=O)[O-])cc1.O=C(NC(CO)C(=O)O)Oc1ccc(CCO[N+](=O)[O-])cc1.O=C(NC(CO)C(=O)O)Oc1cccc(CCCO[N+](=O)[O-])c1. The van der Waals surface area contributed by atoms with Crippen LogP contribution >= 0.6 is 0 Å². The van der Waals surface area contributed by atoms with Gasteiger partial charge in [0, 0.05) is 12.8 Å². The molecule has 72 heteroatoms. The molecule has 0 aliphatic carbocycles. The number of aryl methyl sites for hydroxylation is 2. The molecule has 3 aromatic carbocycles. The average Bonchev–Trinajstić information content (AvgIpc) is 0.895. The molecule has 0 spiro atoms. The molecule has 21 N–H and O–H groups in total. The van der Waals surface area contributed by atoms with Crippen LogP contribution in [0.4, 0.5) is 24.0 Å². The van der Waals surface area contributed by atoms with Crippen molar-refractivity contribution in [1.29, 1.82) is 0 Å². The van der Waals surface area contributed by atoms with Crippen LogP contribution in [0.15, 0.2) is 72.8 Å². The van der Waals surface area contributed by atoms with Crippen LogP contribution < -0.4 is 51.4 Å². The number of nitrogens with zero attached hydrogens (tertiary/aromatic N) is 8. The summed E-state index contributed by atoms with van der Waals surface area (Å²) in [5, 5.41) is 210. The van der Waals surface area contributed by atoms with E-state index < -0.39 is 224 Å². The van der Waals surface area contributed by atoms with Gasteiger partial charge in [-0.1, -0.05) is 49.2 Å². The van der Waals surface area contributed by atoms with Gasteiger partial charge in [-0.2, -0.15) is 0 Å². The molecular formula is C78H117N15O57. The maximum absolute atomic E-state index is 11.5. The highest BCUT2D eigenvalue weighted by molar-refractivity contribution is 5.86. The van der Waals surface area contributed by atoms with Crippen LogP contribution in [0.3, 0.4) is 0 Å². The van der Waals surface area contributed by atoms with Gasteiger partial charge in [0.1, 0.15) is 36.6 Å². The van der Waals surface area contributed by atoms with Crippen molar-refractivity contribution in [2.75, 3.05) is 79.3 Å². The quantitative estimate of drug-likeness (QED) is 0.0186. The third-order valence-electron chi connectivity index (χ3n) is 17.3. The van der Waals surface area contributed by atoms with E-state index in [1.807, 2.05) is 26.6 Å². The summed E-state index contributed by atoms with van der Waals surface area (Å²) in [6.45, 7) is 1.59. The number of carboxylic acids is 7. The Kier molecular flexibility index (Phi) is 76.6. The molecule has 0 saturated heterocycles. The van der Waals surface area contributed by atoms with Gasteiger partial charge in [0.25, 0.3) is 40.7 Å². The Hall–Kier alpha value is -17.4. The molecule has 12 unspecified atom stereocenters. The van der Waals surface area contributed by atoms with Gasteiger partial charge in [-0.05, 0) is 171 Å². The van der Waals surface area contributed by atoms with Crippen LogP contribution in [0.2, 0.25) is 0 Å². The van der Waals surface area contributed by atoms with E-state index >= 15 is 0 Å². The van der Waals surface area contributed by atoms with E-state index in [1.54, 1.807) is 42.5 Å². The number of hydrogen-bond donors (Lipinski definition) is 21.